The highest BCUT2D eigenvalue weighted by molar-refractivity contribution is 6.45. The summed E-state index contributed by atoms with van der Waals surface area (Å²) in [7, 11) is 0. The summed E-state index contributed by atoms with van der Waals surface area (Å²) >= 11 is 12.3. The molecular weight excluding hydrogens is 276 g/mol. The lowest BCUT2D eigenvalue weighted by Crippen LogP contribution is -1.99. The van der Waals surface area contributed by atoms with Gasteiger partial charge in [-0.1, -0.05) is 23.2 Å². The normalized spacial score (nSPS) is 11.1. The quantitative estimate of drug-likeness (QED) is 0.678. The number of halogens is 3. The van der Waals surface area contributed by atoms with E-state index in [0.29, 0.717) is 21.9 Å². The van der Waals surface area contributed by atoms with E-state index in [1.807, 2.05) is 0 Å². The summed E-state index contributed by atoms with van der Waals surface area (Å²) in [5.41, 5.74) is 0.538. The summed E-state index contributed by atoms with van der Waals surface area (Å²) in [5.74, 6) is -0.0180. The zero-order chi connectivity index (χ0) is 12.7. The van der Waals surface area contributed by atoms with Gasteiger partial charge in [-0.15, -0.1) is 0 Å². The molecule has 0 bridgehead atoms. The van der Waals surface area contributed by atoms with E-state index < -0.39 is 0 Å². The summed E-state index contributed by atoms with van der Waals surface area (Å²) in [6.07, 6.45) is 3.16. The number of hydrogen-bond acceptors (Lipinski definition) is 2. The van der Waals surface area contributed by atoms with Crippen molar-refractivity contribution in [3.05, 3.63) is 52.7 Å². The van der Waals surface area contributed by atoms with E-state index in [9.17, 15) is 4.39 Å². The van der Waals surface area contributed by atoms with Crippen LogP contribution in [0.5, 0.6) is 0 Å². The molecule has 3 aromatic rings. The molecule has 0 amide bonds. The molecule has 0 atom stereocenters. The van der Waals surface area contributed by atoms with Gasteiger partial charge in [-0.2, -0.15) is 0 Å². The zero-order valence-electron chi connectivity index (χ0n) is 8.94. The molecule has 0 fully saturated rings. The van der Waals surface area contributed by atoms with Crippen LogP contribution < -0.4 is 0 Å². The predicted molar refractivity (Wildman–Crippen MR) is 68.8 cm³/mol. The van der Waals surface area contributed by atoms with Crippen molar-refractivity contribution in [1.82, 2.24) is 14.5 Å². The first-order valence-electron chi connectivity index (χ1n) is 5.11. The van der Waals surface area contributed by atoms with Crippen LogP contribution in [0.1, 0.15) is 0 Å². The van der Waals surface area contributed by atoms with Crippen LogP contribution >= 0.6 is 23.2 Å². The van der Waals surface area contributed by atoms with Crippen LogP contribution in [0.15, 0.2) is 36.7 Å². The maximum atomic E-state index is 13.3. The van der Waals surface area contributed by atoms with E-state index in [0.717, 1.165) is 0 Å². The molecule has 0 aliphatic carbocycles. The summed E-state index contributed by atoms with van der Waals surface area (Å²) in [5, 5.41) is 1.29. The lowest BCUT2D eigenvalue weighted by atomic mass is 10.2. The van der Waals surface area contributed by atoms with E-state index in [-0.39, 0.29) is 11.0 Å². The van der Waals surface area contributed by atoms with Gasteiger partial charge in [-0.25, -0.2) is 14.4 Å². The van der Waals surface area contributed by atoms with E-state index >= 15 is 0 Å². The Morgan fingerprint density at radius 2 is 1.83 bits per heavy atom. The van der Waals surface area contributed by atoms with Crippen molar-refractivity contribution in [3.8, 4) is 5.95 Å². The van der Waals surface area contributed by atoms with E-state index in [2.05, 4.69) is 9.97 Å². The van der Waals surface area contributed by atoms with Crippen molar-refractivity contribution in [1.29, 1.82) is 0 Å². The molecule has 0 saturated heterocycles. The molecule has 2 aromatic heterocycles. The van der Waals surface area contributed by atoms with E-state index in [1.54, 1.807) is 24.5 Å². The smallest absolute Gasteiger partial charge is 0.235 e. The molecular formula is C12H6Cl2FN3. The summed E-state index contributed by atoms with van der Waals surface area (Å²) in [6.45, 7) is 0. The fourth-order valence-corrected chi connectivity index (χ4v) is 2.31. The fourth-order valence-electron chi connectivity index (χ4n) is 1.79. The zero-order valence-corrected chi connectivity index (χ0v) is 10.5. The molecule has 3 rings (SSSR count). The van der Waals surface area contributed by atoms with Crippen LogP contribution in [0.25, 0.3) is 16.9 Å². The Bertz CT molecular complexity index is 725. The average molecular weight is 282 g/mol. The van der Waals surface area contributed by atoms with Gasteiger partial charge in [0.05, 0.1) is 10.5 Å². The Hall–Kier alpha value is -1.65. The van der Waals surface area contributed by atoms with Gasteiger partial charge in [-0.05, 0) is 24.3 Å². The first-order valence-corrected chi connectivity index (χ1v) is 5.86. The first kappa shape index (κ1) is 11.4. The topological polar surface area (TPSA) is 30.7 Å². The molecule has 0 aliphatic rings. The monoisotopic (exact) mass is 281 g/mol. The summed E-state index contributed by atoms with van der Waals surface area (Å²) in [4.78, 5) is 8.18. The third kappa shape index (κ3) is 1.65. The standard InChI is InChI=1S/C12H6Cl2FN3/c13-10-8-3-2-7(15)6-9(8)18(11(10)14)12-16-4-1-5-17-12/h1-6H. The van der Waals surface area contributed by atoms with Gasteiger partial charge in [0.2, 0.25) is 5.95 Å². The van der Waals surface area contributed by atoms with Gasteiger partial charge in [0.25, 0.3) is 0 Å². The Morgan fingerprint density at radius 1 is 1.11 bits per heavy atom. The Balaban J connectivity index is 2.42. The molecule has 90 valence electrons. The number of hydrogen-bond donors (Lipinski definition) is 0. The second-order valence-corrected chi connectivity index (χ2v) is 4.39. The molecule has 0 spiro atoms. The van der Waals surface area contributed by atoms with Crippen LogP contribution in [-0.4, -0.2) is 14.5 Å². The summed E-state index contributed by atoms with van der Waals surface area (Å²) in [6, 6.07) is 5.95. The SMILES string of the molecule is Fc1ccc2c(Cl)c(Cl)n(-c3ncccn3)c2c1. The predicted octanol–water partition coefficient (Wildman–Crippen LogP) is 3.87. The Labute approximate surface area is 112 Å². The van der Waals surface area contributed by atoms with Crippen LogP contribution in [0, 0.1) is 5.82 Å². The maximum Gasteiger partial charge on any atom is 0.235 e. The Morgan fingerprint density at radius 3 is 2.56 bits per heavy atom. The third-order valence-corrected chi connectivity index (χ3v) is 3.40. The second-order valence-electron chi connectivity index (χ2n) is 3.65. The minimum absolute atomic E-state index is 0.267. The van der Waals surface area contributed by atoms with E-state index in [1.165, 1.54) is 16.7 Å². The highest BCUT2D eigenvalue weighted by Crippen LogP contribution is 2.35. The van der Waals surface area contributed by atoms with Crippen molar-refractivity contribution in [2.24, 2.45) is 0 Å². The minimum atomic E-state index is -0.370. The van der Waals surface area contributed by atoms with Crippen molar-refractivity contribution in [3.63, 3.8) is 0 Å². The number of rotatable bonds is 1. The van der Waals surface area contributed by atoms with Gasteiger partial charge < -0.3 is 0 Å². The van der Waals surface area contributed by atoms with Crippen molar-refractivity contribution >= 4 is 34.1 Å². The largest absolute Gasteiger partial charge is 0.267 e. The Kier molecular flexibility index (Phi) is 2.69. The van der Waals surface area contributed by atoms with Crippen LogP contribution in [-0.2, 0) is 0 Å². The lowest BCUT2D eigenvalue weighted by Gasteiger charge is -2.03. The molecule has 6 heteroatoms. The van der Waals surface area contributed by atoms with Crippen molar-refractivity contribution < 1.29 is 4.39 Å². The fraction of sp³-hybridized carbons (Fsp3) is 0. The molecule has 0 radical (unpaired) electrons. The molecule has 0 N–H and O–H groups in total. The molecule has 2 heterocycles. The highest BCUT2D eigenvalue weighted by Gasteiger charge is 2.17. The average Bonchev–Trinajstić information content (AvgIpc) is 2.63. The number of aromatic nitrogens is 3. The summed E-state index contributed by atoms with van der Waals surface area (Å²) < 4.78 is 14.8. The molecule has 1 aromatic carbocycles. The third-order valence-electron chi connectivity index (χ3n) is 2.57. The molecule has 3 nitrogen and oxygen atoms in total. The van der Waals surface area contributed by atoms with Gasteiger partial charge >= 0.3 is 0 Å². The number of benzene rings is 1. The van der Waals surface area contributed by atoms with Gasteiger partial charge in [0.15, 0.2) is 0 Å². The van der Waals surface area contributed by atoms with Gasteiger partial charge in [-0.3, -0.25) is 4.57 Å². The van der Waals surface area contributed by atoms with Crippen molar-refractivity contribution in [2.45, 2.75) is 0 Å². The van der Waals surface area contributed by atoms with Gasteiger partial charge in [0.1, 0.15) is 11.0 Å². The van der Waals surface area contributed by atoms with Crippen LogP contribution in [0.3, 0.4) is 0 Å². The second kappa shape index (κ2) is 4.23. The van der Waals surface area contributed by atoms with E-state index in [4.69, 9.17) is 23.2 Å². The molecule has 18 heavy (non-hydrogen) atoms. The minimum Gasteiger partial charge on any atom is -0.267 e. The van der Waals surface area contributed by atoms with Crippen LogP contribution in [0.2, 0.25) is 10.2 Å². The number of nitrogens with zero attached hydrogens (tertiary/aromatic N) is 3. The number of fused-ring (bicyclic) bond motifs is 1. The molecule has 0 aliphatic heterocycles. The first-order chi connectivity index (χ1) is 8.68. The van der Waals surface area contributed by atoms with Crippen molar-refractivity contribution in [2.75, 3.05) is 0 Å². The maximum absolute atomic E-state index is 13.3. The van der Waals surface area contributed by atoms with Gasteiger partial charge in [0, 0.05) is 17.8 Å². The highest BCUT2D eigenvalue weighted by atomic mass is 35.5. The lowest BCUT2D eigenvalue weighted by molar-refractivity contribution is 0.629. The molecule has 0 unspecified atom stereocenters. The molecule has 0 saturated carbocycles. The van der Waals surface area contributed by atoms with Crippen LogP contribution in [0.4, 0.5) is 4.39 Å².